The maximum absolute atomic E-state index is 13.7. The number of methoxy groups -OCH3 is 1. The summed E-state index contributed by atoms with van der Waals surface area (Å²) in [6, 6.07) is 4.52. The summed E-state index contributed by atoms with van der Waals surface area (Å²) in [6.45, 7) is 0. The highest BCUT2D eigenvalue weighted by molar-refractivity contribution is 5.97. The van der Waals surface area contributed by atoms with Gasteiger partial charge in [0.05, 0.1) is 7.11 Å². The van der Waals surface area contributed by atoms with Crippen LogP contribution in [0.4, 0.5) is 17.6 Å². The van der Waals surface area contributed by atoms with Crippen molar-refractivity contribution in [2.45, 2.75) is 12.5 Å². The van der Waals surface area contributed by atoms with Crippen LogP contribution in [0.2, 0.25) is 0 Å². The lowest BCUT2D eigenvalue weighted by molar-refractivity contribution is -0.142. The molecule has 0 aromatic heterocycles. The Labute approximate surface area is 140 Å². The molecule has 0 spiro atoms. The van der Waals surface area contributed by atoms with Crippen molar-refractivity contribution in [1.82, 2.24) is 5.32 Å². The van der Waals surface area contributed by atoms with Crippen molar-refractivity contribution in [3.05, 3.63) is 70.8 Å². The summed E-state index contributed by atoms with van der Waals surface area (Å²) in [5.41, 5.74) is -0.536. The van der Waals surface area contributed by atoms with Crippen molar-refractivity contribution < 1.29 is 31.9 Å². The van der Waals surface area contributed by atoms with E-state index in [0.29, 0.717) is 17.7 Å². The lowest BCUT2D eigenvalue weighted by atomic mass is 10.0. The van der Waals surface area contributed by atoms with E-state index in [2.05, 4.69) is 10.1 Å². The Kier molecular flexibility index (Phi) is 5.74. The highest BCUT2D eigenvalue weighted by Gasteiger charge is 2.26. The second-order valence-corrected chi connectivity index (χ2v) is 5.12. The van der Waals surface area contributed by atoms with Gasteiger partial charge in [0, 0.05) is 18.6 Å². The Morgan fingerprint density at radius 3 is 2.08 bits per heavy atom. The Hall–Kier alpha value is -2.90. The van der Waals surface area contributed by atoms with Crippen LogP contribution in [0.3, 0.4) is 0 Å². The molecule has 1 atom stereocenters. The smallest absolute Gasteiger partial charge is 0.328 e. The maximum atomic E-state index is 13.7. The molecule has 2 rings (SSSR count). The van der Waals surface area contributed by atoms with Crippen LogP contribution in [0.15, 0.2) is 36.4 Å². The number of nitrogens with one attached hydrogen (secondary N) is 1. The SMILES string of the molecule is COC(=O)[C@@H](Cc1ccc(F)cc1)NC(=O)c1c(F)cc(F)cc1F. The van der Waals surface area contributed by atoms with Crippen molar-refractivity contribution in [3.8, 4) is 0 Å². The van der Waals surface area contributed by atoms with Crippen LogP contribution in [0, 0.1) is 23.3 Å². The first-order chi connectivity index (χ1) is 11.8. The first kappa shape index (κ1) is 18.4. The van der Waals surface area contributed by atoms with Crippen molar-refractivity contribution in [1.29, 1.82) is 0 Å². The Morgan fingerprint density at radius 1 is 1.00 bits per heavy atom. The van der Waals surface area contributed by atoms with Crippen LogP contribution in [0.1, 0.15) is 15.9 Å². The van der Waals surface area contributed by atoms with Gasteiger partial charge in [0.15, 0.2) is 0 Å². The second kappa shape index (κ2) is 7.78. The highest BCUT2D eigenvalue weighted by Crippen LogP contribution is 2.15. The molecule has 0 bridgehead atoms. The van der Waals surface area contributed by atoms with Gasteiger partial charge >= 0.3 is 5.97 Å². The number of hydrogen-bond acceptors (Lipinski definition) is 3. The van der Waals surface area contributed by atoms with Gasteiger partial charge in [0.2, 0.25) is 0 Å². The minimum Gasteiger partial charge on any atom is -0.467 e. The van der Waals surface area contributed by atoms with Crippen LogP contribution in [0.5, 0.6) is 0 Å². The van der Waals surface area contributed by atoms with E-state index in [4.69, 9.17) is 0 Å². The summed E-state index contributed by atoms with van der Waals surface area (Å²) in [5.74, 6) is -6.57. The van der Waals surface area contributed by atoms with Gasteiger partial charge in [-0.3, -0.25) is 4.79 Å². The van der Waals surface area contributed by atoms with Crippen molar-refractivity contribution in [2.75, 3.05) is 7.11 Å². The number of carbonyl (C=O) groups is 2. The Balaban J connectivity index is 2.23. The number of rotatable bonds is 5. The first-order valence-corrected chi connectivity index (χ1v) is 7.09. The van der Waals surface area contributed by atoms with E-state index in [1.807, 2.05) is 0 Å². The van der Waals surface area contributed by atoms with Crippen molar-refractivity contribution in [3.63, 3.8) is 0 Å². The minimum atomic E-state index is -1.40. The molecule has 0 saturated carbocycles. The van der Waals surface area contributed by atoms with Crippen LogP contribution >= 0.6 is 0 Å². The van der Waals surface area contributed by atoms with Gasteiger partial charge < -0.3 is 10.1 Å². The number of ether oxygens (including phenoxy) is 1. The molecule has 0 fully saturated rings. The maximum Gasteiger partial charge on any atom is 0.328 e. The van der Waals surface area contributed by atoms with Gasteiger partial charge in [-0.25, -0.2) is 22.4 Å². The first-order valence-electron chi connectivity index (χ1n) is 7.09. The molecular formula is C17H13F4NO3. The molecule has 0 aliphatic heterocycles. The van der Waals surface area contributed by atoms with Crippen LogP contribution < -0.4 is 5.32 Å². The third-order valence-electron chi connectivity index (χ3n) is 3.38. The Bertz CT molecular complexity index is 770. The van der Waals surface area contributed by atoms with E-state index in [-0.39, 0.29) is 6.42 Å². The zero-order valence-electron chi connectivity index (χ0n) is 13.0. The van der Waals surface area contributed by atoms with Gasteiger partial charge in [0.1, 0.15) is 34.9 Å². The number of carbonyl (C=O) groups excluding carboxylic acids is 2. The normalized spacial score (nSPS) is 11.7. The molecule has 0 heterocycles. The molecule has 2 aromatic rings. The fourth-order valence-electron chi connectivity index (χ4n) is 2.18. The van der Waals surface area contributed by atoms with E-state index >= 15 is 0 Å². The standard InChI is InChI=1S/C17H13F4NO3/c1-25-17(24)14(6-9-2-4-10(18)5-3-9)22-16(23)15-12(20)7-11(19)8-13(15)21/h2-5,7-8,14H,6H2,1H3,(H,22,23)/t14-/m1/s1. The fraction of sp³-hybridized carbons (Fsp3) is 0.176. The summed E-state index contributed by atoms with van der Waals surface area (Å²) in [6.07, 6.45) is -0.0941. The van der Waals surface area contributed by atoms with Gasteiger partial charge in [-0.1, -0.05) is 12.1 Å². The topological polar surface area (TPSA) is 55.4 Å². The van der Waals surface area contributed by atoms with E-state index < -0.39 is 46.8 Å². The number of esters is 1. The summed E-state index contributed by atoms with van der Waals surface area (Å²) in [5, 5.41) is 2.14. The largest absolute Gasteiger partial charge is 0.467 e. The third-order valence-corrected chi connectivity index (χ3v) is 3.38. The molecule has 1 amide bonds. The van der Waals surface area contributed by atoms with Crippen LogP contribution in [-0.4, -0.2) is 25.0 Å². The lowest BCUT2D eigenvalue weighted by Crippen LogP contribution is -2.43. The monoisotopic (exact) mass is 355 g/mol. The van der Waals surface area contributed by atoms with Crippen LogP contribution in [0.25, 0.3) is 0 Å². The molecule has 1 N–H and O–H groups in total. The zero-order valence-corrected chi connectivity index (χ0v) is 13.0. The molecule has 0 aliphatic carbocycles. The van der Waals surface area contributed by atoms with Gasteiger partial charge in [-0.05, 0) is 17.7 Å². The quantitative estimate of drug-likeness (QED) is 0.663. The summed E-state index contributed by atoms with van der Waals surface area (Å²) in [7, 11) is 1.07. The summed E-state index contributed by atoms with van der Waals surface area (Å²) < 4.78 is 57.7. The van der Waals surface area contributed by atoms with E-state index in [0.717, 1.165) is 19.2 Å². The van der Waals surface area contributed by atoms with E-state index in [1.165, 1.54) is 12.1 Å². The third kappa shape index (κ3) is 4.56. The average Bonchev–Trinajstić information content (AvgIpc) is 2.54. The summed E-state index contributed by atoms with van der Waals surface area (Å²) >= 11 is 0. The molecule has 0 saturated heterocycles. The molecule has 2 aromatic carbocycles. The van der Waals surface area contributed by atoms with Crippen molar-refractivity contribution >= 4 is 11.9 Å². The number of benzene rings is 2. The zero-order chi connectivity index (χ0) is 18.6. The highest BCUT2D eigenvalue weighted by atomic mass is 19.1. The average molecular weight is 355 g/mol. The molecule has 4 nitrogen and oxygen atoms in total. The lowest BCUT2D eigenvalue weighted by Gasteiger charge is -2.17. The predicted octanol–water partition coefficient (Wildman–Crippen LogP) is 2.76. The molecular weight excluding hydrogens is 342 g/mol. The van der Waals surface area contributed by atoms with Gasteiger partial charge in [-0.2, -0.15) is 0 Å². The molecule has 8 heteroatoms. The second-order valence-electron chi connectivity index (χ2n) is 5.12. The van der Waals surface area contributed by atoms with E-state index in [1.54, 1.807) is 0 Å². The van der Waals surface area contributed by atoms with Gasteiger partial charge in [0.25, 0.3) is 5.91 Å². The fourth-order valence-corrected chi connectivity index (χ4v) is 2.18. The summed E-state index contributed by atoms with van der Waals surface area (Å²) in [4.78, 5) is 23.9. The number of amides is 1. The molecule has 0 radical (unpaired) electrons. The molecule has 132 valence electrons. The number of hydrogen-bond donors (Lipinski definition) is 1. The Morgan fingerprint density at radius 2 is 1.56 bits per heavy atom. The molecule has 0 aliphatic rings. The molecule has 25 heavy (non-hydrogen) atoms. The minimum absolute atomic E-state index is 0.0941. The van der Waals surface area contributed by atoms with Crippen molar-refractivity contribution in [2.24, 2.45) is 0 Å². The molecule has 0 unspecified atom stereocenters. The van der Waals surface area contributed by atoms with E-state index in [9.17, 15) is 27.2 Å². The van der Waals surface area contributed by atoms with Gasteiger partial charge in [-0.15, -0.1) is 0 Å². The number of halogens is 4. The predicted molar refractivity (Wildman–Crippen MR) is 79.7 cm³/mol. The van der Waals surface area contributed by atoms with Crippen LogP contribution in [-0.2, 0) is 16.0 Å².